The highest BCUT2D eigenvalue weighted by atomic mass is 32.1. The van der Waals surface area contributed by atoms with E-state index < -0.39 is 0 Å². The molecule has 1 unspecified atom stereocenters. The largest absolute Gasteiger partial charge is 0.376 e. The van der Waals surface area contributed by atoms with Crippen molar-refractivity contribution in [1.82, 2.24) is 5.32 Å². The molecule has 11 heavy (non-hydrogen) atoms. The van der Waals surface area contributed by atoms with E-state index in [2.05, 4.69) is 26.1 Å². The molecule has 0 aliphatic carbocycles. The van der Waals surface area contributed by atoms with Gasteiger partial charge in [-0.15, -0.1) is 0 Å². The average Bonchev–Trinajstić information content (AvgIpc) is 1.87. The first kappa shape index (κ1) is 10.7. The lowest BCUT2D eigenvalue weighted by Crippen LogP contribution is -2.47. The van der Waals surface area contributed by atoms with E-state index in [1.165, 1.54) is 0 Å². The Hall–Kier alpha value is -0.310. The molecular formula is C8H18N2S. The third kappa shape index (κ3) is 4.19. The van der Waals surface area contributed by atoms with Crippen LogP contribution < -0.4 is 11.1 Å². The third-order valence-electron chi connectivity index (χ3n) is 2.01. The minimum absolute atomic E-state index is 0.0978. The molecule has 0 heterocycles. The molecule has 66 valence electrons. The number of hydrogen-bond acceptors (Lipinski definition) is 1. The molecule has 2 nitrogen and oxygen atoms in total. The summed E-state index contributed by atoms with van der Waals surface area (Å²) in [5.41, 5.74) is 5.50. The molecule has 0 aliphatic heterocycles. The second-order valence-electron chi connectivity index (χ2n) is 3.15. The number of rotatable bonds is 4. The van der Waals surface area contributed by atoms with Crippen LogP contribution in [-0.4, -0.2) is 10.7 Å². The highest BCUT2D eigenvalue weighted by Gasteiger charge is 2.20. The molecule has 0 radical (unpaired) electrons. The van der Waals surface area contributed by atoms with Crippen molar-refractivity contribution in [2.75, 3.05) is 0 Å². The van der Waals surface area contributed by atoms with Crippen molar-refractivity contribution in [2.24, 2.45) is 5.73 Å². The van der Waals surface area contributed by atoms with Gasteiger partial charge in [0, 0.05) is 5.54 Å². The van der Waals surface area contributed by atoms with Gasteiger partial charge in [0.15, 0.2) is 5.11 Å². The SMILES string of the molecule is CCCC(C)(CC)NC(N)=S. The zero-order chi connectivity index (χ0) is 8.91. The number of thiocarbonyl (C=S) groups is 1. The summed E-state index contributed by atoms with van der Waals surface area (Å²) in [5, 5.41) is 3.52. The quantitative estimate of drug-likeness (QED) is 0.638. The second-order valence-corrected chi connectivity index (χ2v) is 3.59. The van der Waals surface area contributed by atoms with Crippen molar-refractivity contribution >= 4 is 17.3 Å². The van der Waals surface area contributed by atoms with Gasteiger partial charge in [0.05, 0.1) is 0 Å². The van der Waals surface area contributed by atoms with E-state index in [0.717, 1.165) is 19.3 Å². The maximum absolute atomic E-state index is 5.40. The molecule has 0 aromatic carbocycles. The summed E-state index contributed by atoms with van der Waals surface area (Å²) >= 11 is 4.79. The standard InChI is InChI=1S/C8H18N2S/c1-4-6-8(3,5-2)10-7(9)11/h4-6H2,1-3H3,(H3,9,10,11). The fraction of sp³-hybridized carbons (Fsp3) is 0.875. The van der Waals surface area contributed by atoms with Crippen molar-refractivity contribution in [3.05, 3.63) is 0 Å². The van der Waals surface area contributed by atoms with Crippen LogP contribution in [0, 0.1) is 0 Å². The van der Waals surface area contributed by atoms with Gasteiger partial charge in [0.25, 0.3) is 0 Å². The zero-order valence-corrected chi connectivity index (χ0v) is 8.42. The van der Waals surface area contributed by atoms with E-state index in [4.69, 9.17) is 18.0 Å². The molecule has 3 heteroatoms. The highest BCUT2D eigenvalue weighted by molar-refractivity contribution is 7.80. The minimum Gasteiger partial charge on any atom is -0.376 e. The maximum atomic E-state index is 5.40. The van der Waals surface area contributed by atoms with Crippen LogP contribution in [0.2, 0.25) is 0 Å². The molecule has 0 aliphatic rings. The molecule has 0 amide bonds. The number of nitrogens with one attached hydrogen (secondary N) is 1. The van der Waals surface area contributed by atoms with E-state index in [1.807, 2.05) is 0 Å². The lowest BCUT2D eigenvalue weighted by molar-refractivity contribution is 0.370. The Morgan fingerprint density at radius 3 is 2.36 bits per heavy atom. The first-order valence-corrected chi connectivity index (χ1v) is 4.52. The molecule has 0 rings (SSSR count). The molecule has 1 atom stereocenters. The molecule has 0 aromatic heterocycles. The topological polar surface area (TPSA) is 38.0 Å². The summed E-state index contributed by atoms with van der Waals surface area (Å²) in [6.07, 6.45) is 3.32. The zero-order valence-electron chi connectivity index (χ0n) is 7.61. The van der Waals surface area contributed by atoms with Crippen molar-refractivity contribution in [3.8, 4) is 0 Å². The fourth-order valence-electron chi connectivity index (χ4n) is 1.18. The van der Waals surface area contributed by atoms with E-state index in [1.54, 1.807) is 0 Å². The van der Waals surface area contributed by atoms with Crippen LogP contribution >= 0.6 is 12.2 Å². The monoisotopic (exact) mass is 174 g/mol. The molecule has 0 aromatic rings. The van der Waals surface area contributed by atoms with Crippen molar-refractivity contribution in [3.63, 3.8) is 0 Å². The lowest BCUT2D eigenvalue weighted by Gasteiger charge is -2.29. The molecule has 0 bridgehead atoms. The minimum atomic E-state index is 0.0978. The summed E-state index contributed by atoms with van der Waals surface area (Å²) in [4.78, 5) is 0. The van der Waals surface area contributed by atoms with Crippen LogP contribution in [0.3, 0.4) is 0 Å². The Morgan fingerprint density at radius 2 is 2.09 bits per heavy atom. The molecule has 0 saturated carbocycles. The Morgan fingerprint density at radius 1 is 1.55 bits per heavy atom. The van der Waals surface area contributed by atoms with Crippen molar-refractivity contribution in [2.45, 2.75) is 45.6 Å². The van der Waals surface area contributed by atoms with Crippen molar-refractivity contribution < 1.29 is 0 Å². The second kappa shape index (κ2) is 4.54. The maximum Gasteiger partial charge on any atom is 0.164 e. The Balaban J connectivity index is 3.98. The molecular weight excluding hydrogens is 156 g/mol. The normalized spacial score (nSPS) is 15.5. The van der Waals surface area contributed by atoms with Crippen LogP contribution in [0.1, 0.15) is 40.0 Å². The van der Waals surface area contributed by atoms with Gasteiger partial charge in [-0.2, -0.15) is 0 Å². The van der Waals surface area contributed by atoms with E-state index in [0.29, 0.717) is 5.11 Å². The predicted molar refractivity (Wildman–Crippen MR) is 53.5 cm³/mol. The lowest BCUT2D eigenvalue weighted by atomic mass is 9.93. The van der Waals surface area contributed by atoms with Crippen LogP contribution in [0.5, 0.6) is 0 Å². The van der Waals surface area contributed by atoms with Crippen LogP contribution in [0.25, 0.3) is 0 Å². The summed E-state index contributed by atoms with van der Waals surface area (Å²) in [5.74, 6) is 0. The van der Waals surface area contributed by atoms with E-state index in [9.17, 15) is 0 Å². The Labute approximate surface area is 74.5 Å². The van der Waals surface area contributed by atoms with Gasteiger partial charge in [0.2, 0.25) is 0 Å². The van der Waals surface area contributed by atoms with Gasteiger partial charge in [-0.3, -0.25) is 0 Å². The van der Waals surface area contributed by atoms with Gasteiger partial charge in [-0.1, -0.05) is 20.3 Å². The van der Waals surface area contributed by atoms with Crippen LogP contribution in [-0.2, 0) is 0 Å². The van der Waals surface area contributed by atoms with Crippen molar-refractivity contribution in [1.29, 1.82) is 0 Å². The summed E-state index contributed by atoms with van der Waals surface area (Å²) < 4.78 is 0. The van der Waals surface area contributed by atoms with Gasteiger partial charge >= 0.3 is 0 Å². The number of nitrogens with two attached hydrogens (primary N) is 1. The molecule has 3 N–H and O–H groups in total. The fourth-order valence-corrected chi connectivity index (χ4v) is 1.42. The number of hydrogen-bond donors (Lipinski definition) is 2. The molecule has 0 fully saturated rings. The van der Waals surface area contributed by atoms with Gasteiger partial charge in [-0.25, -0.2) is 0 Å². The predicted octanol–water partition coefficient (Wildman–Crippen LogP) is 1.79. The van der Waals surface area contributed by atoms with Crippen LogP contribution in [0.15, 0.2) is 0 Å². The van der Waals surface area contributed by atoms with Gasteiger partial charge < -0.3 is 11.1 Å². The summed E-state index contributed by atoms with van der Waals surface area (Å²) in [7, 11) is 0. The van der Waals surface area contributed by atoms with E-state index >= 15 is 0 Å². The molecule has 0 saturated heterocycles. The van der Waals surface area contributed by atoms with Gasteiger partial charge in [-0.05, 0) is 32.0 Å². The Kier molecular flexibility index (Phi) is 4.42. The van der Waals surface area contributed by atoms with E-state index in [-0.39, 0.29) is 5.54 Å². The smallest absolute Gasteiger partial charge is 0.164 e. The summed E-state index contributed by atoms with van der Waals surface area (Å²) in [6, 6.07) is 0. The van der Waals surface area contributed by atoms with Gasteiger partial charge in [0.1, 0.15) is 0 Å². The van der Waals surface area contributed by atoms with Crippen LogP contribution in [0.4, 0.5) is 0 Å². The molecule has 0 spiro atoms. The third-order valence-corrected chi connectivity index (χ3v) is 2.11. The Bertz CT molecular complexity index is 136. The highest BCUT2D eigenvalue weighted by Crippen LogP contribution is 2.15. The first-order valence-electron chi connectivity index (χ1n) is 4.11. The first-order chi connectivity index (χ1) is 5.04. The summed E-state index contributed by atoms with van der Waals surface area (Å²) in [6.45, 7) is 6.45. The average molecular weight is 174 g/mol.